The summed E-state index contributed by atoms with van der Waals surface area (Å²) in [6.07, 6.45) is 5.03. The Morgan fingerprint density at radius 1 is 1.22 bits per heavy atom. The molecular formula is C15H19NO2. The SMILES string of the molecule is O=C(O)C(NCC1CC1)c1ccc(C2CC2)cc1. The zero-order valence-corrected chi connectivity index (χ0v) is 10.4. The molecule has 18 heavy (non-hydrogen) atoms. The standard InChI is InChI=1S/C15H19NO2/c17-15(18)14(16-9-10-1-2-10)13-7-5-12(6-8-13)11-3-4-11/h5-8,10-11,14,16H,1-4,9H2,(H,17,18). The van der Waals surface area contributed by atoms with E-state index in [0.717, 1.165) is 18.0 Å². The Kier molecular flexibility index (Phi) is 3.08. The highest BCUT2D eigenvalue weighted by Gasteiger charge is 2.27. The molecule has 1 atom stereocenters. The average molecular weight is 245 g/mol. The van der Waals surface area contributed by atoms with Gasteiger partial charge in [-0.25, -0.2) is 0 Å². The molecule has 3 heteroatoms. The van der Waals surface area contributed by atoms with Gasteiger partial charge >= 0.3 is 5.97 Å². The smallest absolute Gasteiger partial charge is 0.325 e. The summed E-state index contributed by atoms with van der Waals surface area (Å²) in [5.41, 5.74) is 2.22. The molecule has 96 valence electrons. The largest absolute Gasteiger partial charge is 0.480 e. The van der Waals surface area contributed by atoms with Crippen molar-refractivity contribution in [1.29, 1.82) is 0 Å². The molecule has 2 aliphatic rings. The fourth-order valence-electron chi connectivity index (χ4n) is 2.33. The van der Waals surface area contributed by atoms with E-state index in [-0.39, 0.29) is 0 Å². The summed E-state index contributed by atoms with van der Waals surface area (Å²) in [6.45, 7) is 0.821. The van der Waals surface area contributed by atoms with Gasteiger partial charge in [-0.15, -0.1) is 0 Å². The third kappa shape index (κ3) is 2.72. The van der Waals surface area contributed by atoms with E-state index in [1.807, 2.05) is 12.1 Å². The van der Waals surface area contributed by atoms with Crippen molar-refractivity contribution in [3.63, 3.8) is 0 Å². The summed E-state index contributed by atoms with van der Waals surface area (Å²) in [7, 11) is 0. The molecule has 1 unspecified atom stereocenters. The lowest BCUT2D eigenvalue weighted by Gasteiger charge is -2.15. The van der Waals surface area contributed by atoms with Gasteiger partial charge in [0, 0.05) is 0 Å². The van der Waals surface area contributed by atoms with E-state index in [9.17, 15) is 9.90 Å². The highest BCUT2D eigenvalue weighted by atomic mass is 16.4. The minimum atomic E-state index is -0.783. The molecule has 0 saturated heterocycles. The van der Waals surface area contributed by atoms with Crippen LogP contribution in [-0.4, -0.2) is 17.6 Å². The first kappa shape index (κ1) is 11.7. The zero-order valence-electron chi connectivity index (χ0n) is 10.4. The molecule has 0 bridgehead atoms. The molecule has 3 rings (SSSR count). The Balaban J connectivity index is 1.68. The maximum Gasteiger partial charge on any atom is 0.325 e. The van der Waals surface area contributed by atoms with Gasteiger partial charge < -0.3 is 10.4 Å². The Labute approximate surface area is 107 Å². The van der Waals surface area contributed by atoms with E-state index in [1.165, 1.54) is 31.2 Å². The second kappa shape index (κ2) is 4.73. The van der Waals surface area contributed by atoms with E-state index in [4.69, 9.17) is 0 Å². The number of hydrogen-bond acceptors (Lipinski definition) is 2. The summed E-state index contributed by atoms with van der Waals surface area (Å²) in [5.74, 6) is 0.633. The first-order chi connectivity index (χ1) is 8.74. The molecule has 0 heterocycles. The lowest BCUT2D eigenvalue weighted by atomic mass is 10.0. The van der Waals surface area contributed by atoms with Crippen molar-refractivity contribution >= 4 is 5.97 Å². The Morgan fingerprint density at radius 2 is 1.89 bits per heavy atom. The molecule has 1 aromatic rings. The third-order valence-corrected chi connectivity index (χ3v) is 3.87. The molecule has 0 aromatic heterocycles. The number of aliphatic carboxylic acids is 1. The van der Waals surface area contributed by atoms with Crippen LogP contribution in [0.1, 0.15) is 48.8 Å². The van der Waals surface area contributed by atoms with Crippen LogP contribution in [0.5, 0.6) is 0 Å². The second-order valence-electron chi connectivity index (χ2n) is 5.56. The summed E-state index contributed by atoms with van der Waals surface area (Å²) in [5, 5.41) is 12.5. The summed E-state index contributed by atoms with van der Waals surface area (Å²) in [4.78, 5) is 11.3. The van der Waals surface area contributed by atoms with Crippen LogP contribution in [-0.2, 0) is 4.79 Å². The normalized spacial score (nSPS) is 20.7. The van der Waals surface area contributed by atoms with Crippen LogP contribution in [0.25, 0.3) is 0 Å². The molecule has 0 amide bonds. The maximum absolute atomic E-state index is 11.3. The van der Waals surface area contributed by atoms with Crippen molar-refractivity contribution in [2.75, 3.05) is 6.54 Å². The van der Waals surface area contributed by atoms with Gasteiger partial charge in [-0.3, -0.25) is 4.79 Å². The van der Waals surface area contributed by atoms with Gasteiger partial charge in [0.1, 0.15) is 6.04 Å². The van der Waals surface area contributed by atoms with E-state index in [0.29, 0.717) is 5.92 Å². The molecule has 2 saturated carbocycles. The first-order valence-corrected chi connectivity index (χ1v) is 6.80. The molecule has 1 aromatic carbocycles. The molecule has 0 radical (unpaired) electrons. The van der Waals surface area contributed by atoms with Crippen LogP contribution in [0, 0.1) is 5.92 Å². The van der Waals surface area contributed by atoms with Crippen molar-refractivity contribution in [1.82, 2.24) is 5.32 Å². The van der Waals surface area contributed by atoms with Gasteiger partial charge in [-0.2, -0.15) is 0 Å². The van der Waals surface area contributed by atoms with Gasteiger partial charge in [-0.1, -0.05) is 24.3 Å². The lowest BCUT2D eigenvalue weighted by molar-refractivity contribution is -0.139. The fourth-order valence-corrected chi connectivity index (χ4v) is 2.33. The molecular weight excluding hydrogens is 226 g/mol. The summed E-state index contributed by atoms with van der Waals surface area (Å²) in [6, 6.07) is 7.54. The number of carboxylic acid groups (broad SMARTS) is 1. The van der Waals surface area contributed by atoms with Gasteiger partial charge in [0.05, 0.1) is 0 Å². The Hall–Kier alpha value is -1.35. The predicted molar refractivity (Wildman–Crippen MR) is 69.5 cm³/mol. The highest BCUT2D eigenvalue weighted by molar-refractivity contribution is 5.75. The summed E-state index contributed by atoms with van der Waals surface area (Å²) < 4.78 is 0. The minimum Gasteiger partial charge on any atom is -0.480 e. The minimum absolute atomic E-state index is 0.557. The number of carbonyl (C=O) groups is 1. The number of hydrogen-bond donors (Lipinski definition) is 2. The van der Waals surface area contributed by atoms with Gasteiger partial charge in [0.25, 0.3) is 0 Å². The van der Waals surface area contributed by atoms with E-state index in [2.05, 4.69) is 17.4 Å². The second-order valence-corrected chi connectivity index (χ2v) is 5.56. The fraction of sp³-hybridized carbons (Fsp3) is 0.533. The summed E-state index contributed by atoms with van der Waals surface area (Å²) >= 11 is 0. The third-order valence-electron chi connectivity index (χ3n) is 3.87. The van der Waals surface area contributed by atoms with Gasteiger partial charge in [0.2, 0.25) is 0 Å². The average Bonchev–Trinajstić information content (AvgIpc) is 3.24. The van der Waals surface area contributed by atoms with Crippen molar-refractivity contribution in [2.24, 2.45) is 5.92 Å². The lowest BCUT2D eigenvalue weighted by Crippen LogP contribution is -2.30. The van der Waals surface area contributed by atoms with E-state index >= 15 is 0 Å². The monoisotopic (exact) mass is 245 g/mol. The Morgan fingerprint density at radius 3 is 2.39 bits per heavy atom. The number of rotatable bonds is 6. The molecule has 2 aliphatic carbocycles. The quantitative estimate of drug-likeness (QED) is 0.810. The zero-order chi connectivity index (χ0) is 12.5. The Bertz CT molecular complexity index is 432. The molecule has 3 nitrogen and oxygen atoms in total. The van der Waals surface area contributed by atoms with Crippen molar-refractivity contribution in [3.05, 3.63) is 35.4 Å². The molecule has 0 spiro atoms. The highest BCUT2D eigenvalue weighted by Crippen LogP contribution is 2.40. The van der Waals surface area contributed by atoms with Crippen LogP contribution in [0.4, 0.5) is 0 Å². The number of nitrogens with one attached hydrogen (secondary N) is 1. The van der Waals surface area contributed by atoms with Crippen LogP contribution in [0.3, 0.4) is 0 Å². The van der Waals surface area contributed by atoms with Crippen molar-refractivity contribution in [3.8, 4) is 0 Å². The molecule has 2 fully saturated rings. The first-order valence-electron chi connectivity index (χ1n) is 6.80. The molecule has 0 aliphatic heterocycles. The topological polar surface area (TPSA) is 49.3 Å². The van der Waals surface area contributed by atoms with Crippen molar-refractivity contribution in [2.45, 2.75) is 37.6 Å². The number of benzene rings is 1. The molecule has 2 N–H and O–H groups in total. The van der Waals surface area contributed by atoms with Gasteiger partial charge in [0.15, 0.2) is 0 Å². The number of carboxylic acids is 1. The van der Waals surface area contributed by atoms with Crippen LogP contribution < -0.4 is 5.32 Å². The maximum atomic E-state index is 11.3. The van der Waals surface area contributed by atoms with Crippen LogP contribution >= 0.6 is 0 Å². The van der Waals surface area contributed by atoms with Crippen molar-refractivity contribution < 1.29 is 9.90 Å². The van der Waals surface area contributed by atoms with Gasteiger partial charge in [-0.05, 0) is 55.2 Å². The van der Waals surface area contributed by atoms with E-state index in [1.54, 1.807) is 0 Å². The van der Waals surface area contributed by atoms with Crippen LogP contribution in [0.15, 0.2) is 24.3 Å². The predicted octanol–water partition coefficient (Wildman–Crippen LogP) is 2.69. The van der Waals surface area contributed by atoms with E-state index < -0.39 is 12.0 Å². The van der Waals surface area contributed by atoms with Crippen LogP contribution in [0.2, 0.25) is 0 Å².